The molecule has 0 aromatic carbocycles. The predicted molar refractivity (Wildman–Crippen MR) is 93.7 cm³/mol. The first-order valence-electron chi connectivity index (χ1n) is 9.14. The predicted octanol–water partition coefficient (Wildman–Crippen LogP) is 3.64. The fourth-order valence-electron chi connectivity index (χ4n) is 4.08. The molecule has 0 spiro atoms. The zero-order chi connectivity index (χ0) is 18.2. The molecule has 25 heavy (non-hydrogen) atoms. The lowest BCUT2D eigenvalue weighted by molar-refractivity contribution is -0.127. The van der Waals surface area contributed by atoms with Crippen LogP contribution in [0.4, 0.5) is 4.79 Å². The van der Waals surface area contributed by atoms with Gasteiger partial charge in [0, 0.05) is 19.3 Å². The summed E-state index contributed by atoms with van der Waals surface area (Å²) in [5.41, 5.74) is -0.558. The molecule has 1 saturated heterocycles. The van der Waals surface area contributed by atoms with Crippen LogP contribution >= 0.6 is 0 Å². The third kappa shape index (κ3) is 4.02. The smallest absolute Gasteiger partial charge is 0.417 e. The highest BCUT2D eigenvalue weighted by atomic mass is 16.6. The highest BCUT2D eigenvalue weighted by molar-refractivity contribution is 5.95. The number of fused-ring (bicyclic) bond motifs is 2. The van der Waals surface area contributed by atoms with Crippen molar-refractivity contribution in [3.05, 3.63) is 24.3 Å². The Morgan fingerprint density at radius 2 is 1.72 bits per heavy atom. The molecule has 4 atom stereocenters. The van der Waals surface area contributed by atoms with Gasteiger partial charge in [0.25, 0.3) is 0 Å². The van der Waals surface area contributed by atoms with Gasteiger partial charge in [-0.25, -0.2) is 9.69 Å². The molecule has 1 aliphatic heterocycles. The number of allylic oxidation sites excluding steroid dienone is 3. The van der Waals surface area contributed by atoms with E-state index in [-0.39, 0.29) is 17.9 Å². The summed E-state index contributed by atoms with van der Waals surface area (Å²) in [7, 11) is 0. The van der Waals surface area contributed by atoms with Gasteiger partial charge in [0.05, 0.1) is 6.04 Å². The lowest BCUT2D eigenvalue weighted by atomic mass is 10.0. The second-order valence-corrected chi connectivity index (χ2v) is 8.40. The second-order valence-electron chi connectivity index (χ2n) is 8.40. The largest absolute Gasteiger partial charge is 0.443 e. The van der Waals surface area contributed by atoms with Crippen LogP contribution in [0.15, 0.2) is 24.3 Å². The van der Waals surface area contributed by atoms with E-state index in [4.69, 9.17) is 4.74 Å². The Morgan fingerprint density at radius 3 is 2.40 bits per heavy atom. The molecule has 2 fully saturated rings. The maximum absolute atomic E-state index is 11.9. The van der Waals surface area contributed by atoms with E-state index in [0.717, 1.165) is 25.7 Å². The van der Waals surface area contributed by atoms with Crippen molar-refractivity contribution in [2.24, 2.45) is 17.8 Å². The molecular formula is C20H27NO4. The number of carbonyl (C=O) groups excluding carboxylic acids is 3. The van der Waals surface area contributed by atoms with E-state index in [1.165, 1.54) is 4.90 Å². The first-order chi connectivity index (χ1) is 11.7. The molecule has 4 rings (SSSR count). The monoisotopic (exact) mass is 345 g/mol. The van der Waals surface area contributed by atoms with Crippen LogP contribution in [0.5, 0.6) is 0 Å². The van der Waals surface area contributed by atoms with E-state index in [2.05, 4.69) is 12.2 Å². The third-order valence-corrected chi connectivity index (χ3v) is 5.23. The number of carbonyl (C=O) groups is 3. The van der Waals surface area contributed by atoms with Gasteiger partial charge >= 0.3 is 6.09 Å². The minimum Gasteiger partial charge on any atom is -0.443 e. The molecule has 4 aliphatic rings. The number of amides is 2. The minimum absolute atomic E-state index is 0.0812. The Hall–Kier alpha value is -1.91. The van der Waals surface area contributed by atoms with Crippen molar-refractivity contribution in [3.8, 4) is 0 Å². The number of rotatable bonds is 0. The molecule has 2 amide bonds. The van der Waals surface area contributed by atoms with Gasteiger partial charge in [-0.2, -0.15) is 0 Å². The van der Waals surface area contributed by atoms with E-state index in [0.29, 0.717) is 24.0 Å². The Bertz CT molecular complexity index is 628. The fraction of sp³-hybridized carbons (Fsp3) is 0.650. The van der Waals surface area contributed by atoms with Crippen molar-refractivity contribution in [2.75, 3.05) is 0 Å². The summed E-state index contributed by atoms with van der Waals surface area (Å²) in [6.45, 7) is 5.40. The van der Waals surface area contributed by atoms with Crippen molar-refractivity contribution in [2.45, 2.75) is 64.5 Å². The highest BCUT2D eigenvalue weighted by Crippen LogP contribution is 2.37. The van der Waals surface area contributed by atoms with E-state index >= 15 is 0 Å². The molecule has 0 N–H and O–H groups in total. The van der Waals surface area contributed by atoms with E-state index in [1.807, 2.05) is 12.2 Å². The maximum atomic E-state index is 11.9. The molecule has 1 heterocycles. The molecule has 5 heteroatoms. The fourth-order valence-corrected chi connectivity index (χ4v) is 4.08. The van der Waals surface area contributed by atoms with Crippen LogP contribution in [0.3, 0.4) is 0 Å². The van der Waals surface area contributed by atoms with Crippen LogP contribution < -0.4 is 0 Å². The van der Waals surface area contributed by atoms with Gasteiger partial charge in [0.1, 0.15) is 11.4 Å². The summed E-state index contributed by atoms with van der Waals surface area (Å²) in [5, 5.41) is 0. The molecule has 0 bridgehead atoms. The molecule has 1 saturated carbocycles. The molecule has 4 unspecified atom stereocenters. The van der Waals surface area contributed by atoms with Gasteiger partial charge < -0.3 is 4.74 Å². The van der Waals surface area contributed by atoms with Crippen molar-refractivity contribution >= 4 is 17.8 Å². The van der Waals surface area contributed by atoms with Crippen LogP contribution in [-0.4, -0.2) is 34.3 Å². The summed E-state index contributed by atoms with van der Waals surface area (Å²) in [6.07, 6.45) is 12.0. The number of ketones is 1. The quantitative estimate of drug-likeness (QED) is 0.629. The van der Waals surface area contributed by atoms with Crippen molar-refractivity contribution in [1.29, 1.82) is 0 Å². The first-order valence-corrected chi connectivity index (χ1v) is 9.14. The Kier molecular flexibility index (Phi) is 4.85. The first kappa shape index (κ1) is 17.9. The number of nitrogens with zero attached hydrogens (tertiary/aromatic N) is 1. The van der Waals surface area contributed by atoms with Gasteiger partial charge in [-0.1, -0.05) is 24.3 Å². The topological polar surface area (TPSA) is 63.7 Å². The highest BCUT2D eigenvalue weighted by Gasteiger charge is 2.44. The summed E-state index contributed by atoms with van der Waals surface area (Å²) in [5.74, 6) is 1.93. The van der Waals surface area contributed by atoms with Crippen molar-refractivity contribution in [1.82, 2.24) is 4.90 Å². The van der Waals surface area contributed by atoms with Gasteiger partial charge in [0.2, 0.25) is 5.91 Å². The number of imide groups is 1. The van der Waals surface area contributed by atoms with Crippen LogP contribution in [0.25, 0.3) is 0 Å². The second kappa shape index (κ2) is 6.77. The van der Waals surface area contributed by atoms with Gasteiger partial charge in [-0.05, 0) is 51.4 Å². The zero-order valence-corrected chi connectivity index (χ0v) is 15.2. The SMILES string of the molecule is CC(C)(C)OC(=O)N1C(=O)CC2CC=CC21.O=C1CC2C=CCC2C1. The summed E-state index contributed by atoms with van der Waals surface area (Å²) >= 11 is 0. The van der Waals surface area contributed by atoms with E-state index < -0.39 is 11.7 Å². The summed E-state index contributed by atoms with van der Waals surface area (Å²) in [4.78, 5) is 35.7. The lowest BCUT2D eigenvalue weighted by Gasteiger charge is -2.26. The molecule has 0 aromatic heterocycles. The molecule has 0 radical (unpaired) electrons. The minimum atomic E-state index is -0.558. The van der Waals surface area contributed by atoms with E-state index in [1.54, 1.807) is 20.8 Å². The number of hydrogen-bond donors (Lipinski definition) is 0. The molecule has 3 aliphatic carbocycles. The number of hydrogen-bond acceptors (Lipinski definition) is 4. The van der Waals surface area contributed by atoms with Crippen LogP contribution in [0.1, 0.15) is 52.9 Å². The lowest BCUT2D eigenvalue weighted by Crippen LogP contribution is -2.42. The van der Waals surface area contributed by atoms with Crippen molar-refractivity contribution < 1.29 is 19.1 Å². The van der Waals surface area contributed by atoms with Crippen LogP contribution in [0, 0.1) is 17.8 Å². The van der Waals surface area contributed by atoms with E-state index in [9.17, 15) is 14.4 Å². The van der Waals surface area contributed by atoms with Gasteiger partial charge in [0.15, 0.2) is 0 Å². The standard InChI is InChI=1S/C12H17NO3.C8H10O/c1-12(2,3)16-11(15)13-9-6-4-5-8(9)7-10(13)14;9-8-4-6-2-1-3-7(6)5-8/h4,6,8-9H,5,7H2,1-3H3;1-2,6-7H,3-5H2. The average molecular weight is 345 g/mol. The summed E-state index contributed by atoms with van der Waals surface area (Å²) in [6, 6.07) is -0.0812. The van der Waals surface area contributed by atoms with Crippen LogP contribution in [0.2, 0.25) is 0 Å². The normalized spacial score (nSPS) is 32.5. The third-order valence-electron chi connectivity index (χ3n) is 5.23. The molecule has 5 nitrogen and oxygen atoms in total. The maximum Gasteiger partial charge on any atom is 0.417 e. The number of likely N-dealkylation sites (tertiary alicyclic amines) is 1. The van der Waals surface area contributed by atoms with Crippen molar-refractivity contribution in [3.63, 3.8) is 0 Å². The number of Topliss-reactive ketones (excluding diaryl/α,β-unsaturated/α-hetero) is 1. The Labute approximate surface area is 149 Å². The van der Waals surface area contributed by atoms with Gasteiger partial charge in [-0.3, -0.25) is 9.59 Å². The Morgan fingerprint density at radius 1 is 1.04 bits per heavy atom. The number of ether oxygens (including phenoxy) is 1. The van der Waals surface area contributed by atoms with Gasteiger partial charge in [-0.15, -0.1) is 0 Å². The average Bonchev–Trinajstić information content (AvgIpc) is 3.17. The molecule has 0 aromatic rings. The molecular weight excluding hydrogens is 318 g/mol. The summed E-state index contributed by atoms with van der Waals surface area (Å²) < 4.78 is 5.23. The Balaban J connectivity index is 0.000000170. The van der Waals surface area contributed by atoms with Crippen LogP contribution in [-0.2, 0) is 14.3 Å². The molecule has 136 valence electrons. The zero-order valence-electron chi connectivity index (χ0n) is 15.2.